The molecule has 0 radical (unpaired) electrons. The van der Waals surface area contributed by atoms with Gasteiger partial charge in [0.05, 0.1) is 16.2 Å². The monoisotopic (exact) mass is 342 g/mol. The van der Waals surface area contributed by atoms with Gasteiger partial charge in [0.15, 0.2) is 0 Å². The van der Waals surface area contributed by atoms with Crippen molar-refractivity contribution in [1.29, 1.82) is 5.26 Å². The summed E-state index contributed by atoms with van der Waals surface area (Å²) in [5.74, 6) is -0.160. The summed E-state index contributed by atoms with van der Waals surface area (Å²) in [5, 5.41) is 23.3. The zero-order valence-corrected chi connectivity index (χ0v) is 13.6. The van der Waals surface area contributed by atoms with Gasteiger partial charge in [-0.25, -0.2) is 0 Å². The number of nitriles is 1. The lowest BCUT2D eigenvalue weighted by Crippen LogP contribution is -2.43. The fourth-order valence-electron chi connectivity index (χ4n) is 3.56. The first-order valence-corrected chi connectivity index (χ1v) is 8.29. The molecule has 1 saturated carbocycles. The van der Waals surface area contributed by atoms with Crippen molar-refractivity contribution in [3.05, 3.63) is 33.9 Å². The normalized spacial score (nSPS) is 23.4. The van der Waals surface area contributed by atoms with E-state index in [1.807, 2.05) is 6.07 Å². The van der Waals surface area contributed by atoms with Crippen molar-refractivity contribution in [2.45, 2.75) is 50.6 Å². The maximum Gasteiger partial charge on any atom is 0.270 e. The lowest BCUT2D eigenvalue weighted by molar-refractivity contribution is -0.384. The van der Waals surface area contributed by atoms with Crippen LogP contribution in [0.25, 0.3) is 0 Å². The Morgan fingerprint density at radius 2 is 1.80 bits per heavy atom. The minimum absolute atomic E-state index is 0.0344. The fraction of sp³-hybridized carbons (Fsp3) is 0.471. The number of benzene rings is 1. The molecule has 1 N–H and O–H groups in total. The number of nitro groups is 1. The maximum atomic E-state index is 11.8. The summed E-state index contributed by atoms with van der Waals surface area (Å²) < 4.78 is 0. The van der Waals surface area contributed by atoms with Crippen LogP contribution in [0.2, 0.25) is 0 Å². The number of imide groups is 1. The van der Waals surface area contributed by atoms with E-state index in [0.29, 0.717) is 18.5 Å². The van der Waals surface area contributed by atoms with Gasteiger partial charge in [-0.15, -0.1) is 0 Å². The number of rotatable bonds is 4. The third kappa shape index (κ3) is 3.45. The first-order valence-electron chi connectivity index (χ1n) is 8.29. The molecule has 1 aromatic rings. The van der Waals surface area contributed by atoms with Crippen LogP contribution in [-0.2, 0) is 9.59 Å². The number of carbonyl (C=O) groups is 2. The smallest absolute Gasteiger partial charge is 0.270 e. The Balaban J connectivity index is 1.63. The zero-order chi connectivity index (χ0) is 18.0. The van der Waals surface area contributed by atoms with Crippen LogP contribution in [0.4, 0.5) is 11.4 Å². The summed E-state index contributed by atoms with van der Waals surface area (Å²) in [5.41, 5.74) is 0.697. The van der Waals surface area contributed by atoms with Crippen LogP contribution < -0.4 is 5.32 Å². The summed E-state index contributed by atoms with van der Waals surface area (Å²) in [4.78, 5) is 35.3. The Labute approximate surface area is 144 Å². The minimum Gasteiger partial charge on any atom is -0.381 e. The average Bonchev–Trinajstić information content (AvgIpc) is 2.94. The molecule has 0 atom stereocenters. The number of hydrogen-bond acceptors (Lipinski definition) is 6. The van der Waals surface area contributed by atoms with Crippen molar-refractivity contribution < 1.29 is 14.5 Å². The van der Waals surface area contributed by atoms with Crippen LogP contribution in [0.5, 0.6) is 0 Å². The highest BCUT2D eigenvalue weighted by atomic mass is 16.6. The number of hydrogen-bond donors (Lipinski definition) is 1. The van der Waals surface area contributed by atoms with E-state index >= 15 is 0 Å². The molecule has 1 aliphatic carbocycles. The van der Waals surface area contributed by atoms with E-state index in [2.05, 4.69) is 5.32 Å². The van der Waals surface area contributed by atoms with Gasteiger partial charge >= 0.3 is 0 Å². The van der Waals surface area contributed by atoms with E-state index in [1.54, 1.807) is 6.07 Å². The summed E-state index contributed by atoms with van der Waals surface area (Å²) in [6.07, 6.45) is 3.61. The molecule has 25 heavy (non-hydrogen) atoms. The molecule has 1 saturated heterocycles. The Kier molecular flexibility index (Phi) is 4.65. The van der Waals surface area contributed by atoms with Crippen molar-refractivity contribution >= 4 is 23.2 Å². The number of nitrogens with one attached hydrogen (secondary N) is 1. The first-order chi connectivity index (χ1) is 12.0. The fourth-order valence-corrected chi connectivity index (χ4v) is 3.56. The SMILES string of the molecule is N#Cc1cc([N+](=O)[O-])ccc1NC1CCC(N2C(=O)CCC2=O)CC1. The topological polar surface area (TPSA) is 116 Å². The van der Waals surface area contributed by atoms with Crippen LogP contribution >= 0.6 is 0 Å². The summed E-state index contributed by atoms with van der Waals surface area (Å²) in [7, 11) is 0. The summed E-state index contributed by atoms with van der Waals surface area (Å²) in [6, 6.07) is 6.24. The molecule has 130 valence electrons. The Hall–Kier alpha value is -2.95. The predicted molar refractivity (Wildman–Crippen MR) is 88.6 cm³/mol. The van der Waals surface area contributed by atoms with E-state index in [9.17, 15) is 25.0 Å². The second-order valence-electron chi connectivity index (χ2n) is 6.41. The van der Waals surface area contributed by atoms with Gasteiger partial charge in [-0.3, -0.25) is 24.6 Å². The minimum atomic E-state index is -0.528. The van der Waals surface area contributed by atoms with Crippen molar-refractivity contribution in [2.24, 2.45) is 0 Å². The molecule has 2 aliphatic rings. The largest absolute Gasteiger partial charge is 0.381 e. The molecule has 1 heterocycles. The van der Waals surface area contributed by atoms with Gasteiger partial charge in [0.1, 0.15) is 6.07 Å². The van der Waals surface area contributed by atoms with E-state index in [4.69, 9.17) is 0 Å². The molecule has 1 aromatic carbocycles. The van der Waals surface area contributed by atoms with Crippen molar-refractivity contribution in [3.63, 3.8) is 0 Å². The van der Waals surface area contributed by atoms with Crippen molar-refractivity contribution in [3.8, 4) is 6.07 Å². The van der Waals surface area contributed by atoms with Gasteiger partial charge in [0.25, 0.3) is 5.69 Å². The number of nitrogens with zero attached hydrogens (tertiary/aromatic N) is 3. The van der Waals surface area contributed by atoms with Gasteiger partial charge in [0, 0.05) is 37.1 Å². The van der Waals surface area contributed by atoms with Gasteiger partial charge in [0.2, 0.25) is 11.8 Å². The predicted octanol–water partition coefficient (Wildman–Crippen LogP) is 2.34. The molecule has 8 nitrogen and oxygen atoms in total. The Morgan fingerprint density at radius 3 is 2.36 bits per heavy atom. The maximum absolute atomic E-state index is 11.8. The van der Waals surface area contributed by atoms with Crippen LogP contribution in [0.1, 0.15) is 44.1 Å². The number of anilines is 1. The Morgan fingerprint density at radius 1 is 1.16 bits per heavy atom. The van der Waals surface area contributed by atoms with E-state index in [-0.39, 0.29) is 35.1 Å². The number of likely N-dealkylation sites (tertiary alicyclic amines) is 1. The lowest BCUT2D eigenvalue weighted by atomic mass is 9.90. The molecular weight excluding hydrogens is 324 g/mol. The van der Waals surface area contributed by atoms with Gasteiger partial charge in [-0.1, -0.05) is 0 Å². The first kappa shape index (κ1) is 16.9. The molecule has 3 rings (SSSR count). The number of non-ortho nitro benzene ring substituents is 1. The van der Waals surface area contributed by atoms with E-state index in [0.717, 1.165) is 25.7 Å². The average molecular weight is 342 g/mol. The number of amides is 2. The molecule has 0 aromatic heterocycles. The molecule has 2 amide bonds. The van der Waals surface area contributed by atoms with Crippen molar-refractivity contribution in [2.75, 3.05) is 5.32 Å². The molecule has 2 fully saturated rings. The Bertz CT molecular complexity index is 746. The highest BCUT2D eigenvalue weighted by Crippen LogP contribution is 2.30. The lowest BCUT2D eigenvalue weighted by Gasteiger charge is -2.34. The molecule has 8 heteroatoms. The van der Waals surface area contributed by atoms with E-state index in [1.165, 1.54) is 17.0 Å². The zero-order valence-electron chi connectivity index (χ0n) is 13.6. The van der Waals surface area contributed by atoms with Crippen LogP contribution in [-0.4, -0.2) is 33.7 Å². The van der Waals surface area contributed by atoms with Gasteiger partial charge in [-0.2, -0.15) is 5.26 Å². The third-order valence-electron chi connectivity index (χ3n) is 4.85. The quantitative estimate of drug-likeness (QED) is 0.510. The van der Waals surface area contributed by atoms with Crippen LogP contribution in [0, 0.1) is 21.4 Å². The second kappa shape index (κ2) is 6.89. The molecule has 1 aliphatic heterocycles. The third-order valence-corrected chi connectivity index (χ3v) is 4.85. The summed E-state index contributed by atoms with van der Waals surface area (Å²) in [6.45, 7) is 0. The molecular formula is C17H18N4O4. The molecule has 0 spiro atoms. The van der Waals surface area contributed by atoms with Gasteiger partial charge < -0.3 is 5.32 Å². The second-order valence-corrected chi connectivity index (χ2v) is 6.41. The number of carbonyl (C=O) groups excluding carboxylic acids is 2. The van der Waals surface area contributed by atoms with Crippen molar-refractivity contribution in [1.82, 2.24) is 4.90 Å². The molecule has 0 unspecified atom stereocenters. The molecule has 0 bridgehead atoms. The highest BCUT2D eigenvalue weighted by molar-refractivity contribution is 6.02. The summed E-state index contributed by atoms with van der Waals surface area (Å²) >= 11 is 0. The van der Waals surface area contributed by atoms with Crippen LogP contribution in [0.15, 0.2) is 18.2 Å². The highest BCUT2D eigenvalue weighted by Gasteiger charge is 2.36. The van der Waals surface area contributed by atoms with Gasteiger partial charge in [-0.05, 0) is 31.7 Å². The standard InChI is InChI=1S/C17H18N4O4/c18-10-11-9-14(21(24)25)5-6-15(11)19-12-1-3-13(4-2-12)20-16(22)7-8-17(20)23/h5-6,9,12-13,19H,1-4,7-8H2. The van der Waals surface area contributed by atoms with E-state index < -0.39 is 4.92 Å². The number of nitro benzene ring substituents is 1. The van der Waals surface area contributed by atoms with Crippen LogP contribution in [0.3, 0.4) is 0 Å².